The Labute approximate surface area is 233 Å². The predicted molar refractivity (Wildman–Crippen MR) is 159 cm³/mol. The van der Waals surface area contributed by atoms with Crippen LogP contribution in [-0.4, -0.2) is 0 Å². The quantitative estimate of drug-likeness (QED) is 0.152. The molecule has 0 spiro atoms. The fraction of sp³-hybridized carbons (Fsp3) is 0. The van der Waals surface area contributed by atoms with Gasteiger partial charge in [0, 0.05) is 39.0 Å². The molecule has 0 aliphatic heterocycles. The van der Waals surface area contributed by atoms with E-state index in [0.717, 1.165) is 39.0 Å². The first-order valence-electron chi connectivity index (χ1n) is 10.6. The van der Waals surface area contributed by atoms with Crippen molar-refractivity contribution in [2.75, 3.05) is 0 Å². The lowest BCUT2D eigenvalue weighted by atomic mass is 10.2. The van der Waals surface area contributed by atoms with Crippen molar-refractivity contribution in [1.82, 2.24) is 0 Å². The topological polar surface area (TPSA) is 56.3 Å². The zero-order chi connectivity index (χ0) is 25.8. The summed E-state index contributed by atoms with van der Waals surface area (Å²) in [5.41, 5.74) is 1.10. The number of allylic oxidation sites excluding steroid dienone is 1. The van der Waals surface area contributed by atoms with Crippen LogP contribution in [0.2, 0.25) is 0 Å². The number of hydrogen-bond acceptors (Lipinski definition) is 7. The Kier molecular flexibility index (Phi) is 7.26. The molecule has 0 atom stereocenters. The van der Waals surface area contributed by atoms with Gasteiger partial charge in [0.2, 0.25) is 10.7 Å². The van der Waals surface area contributed by atoms with Crippen molar-refractivity contribution >= 4 is 85.1 Å². The third kappa shape index (κ3) is 5.38. The van der Waals surface area contributed by atoms with Crippen LogP contribution in [0.3, 0.4) is 0 Å². The van der Waals surface area contributed by atoms with Crippen molar-refractivity contribution in [2.45, 2.75) is 0 Å². The summed E-state index contributed by atoms with van der Waals surface area (Å²) in [6.07, 6.45) is 3.75. The van der Waals surface area contributed by atoms with E-state index in [1.54, 1.807) is 46.1 Å². The van der Waals surface area contributed by atoms with Crippen LogP contribution >= 0.6 is 56.7 Å². The second kappa shape index (κ2) is 10.9. The van der Waals surface area contributed by atoms with Crippen molar-refractivity contribution in [3.05, 3.63) is 108 Å². The van der Waals surface area contributed by atoms with E-state index < -0.39 is 0 Å². The van der Waals surface area contributed by atoms with Crippen molar-refractivity contribution in [3.8, 4) is 31.6 Å². The molecule has 0 aliphatic carbocycles. The summed E-state index contributed by atoms with van der Waals surface area (Å²) >= 11 is 7.63. The number of rotatable bonds is 6. The van der Waals surface area contributed by atoms with Crippen molar-refractivity contribution in [1.29, 1.82) is 10.5 Å². The van der Waals surface area contributed by atoms with Crippen LogP contribution < -0.4 is 0 Å². The van der Waals surface area contributed by atoms with E-state index in [4.69, 9.17) is 18.4 Å². The fourth-order valence-electron chi connectivity index (χ4n) is 3.39. The molecule has 0 saturated carbocycles. The normalized spacial score (nSPS) is 11.5. The molecule has 5 aromatic heterocycles. The van der Waals surface area contributed by atoms with Crippen LogP contribution in [0.5, 0.6) is 0 Å². The second-order valence-corrected chi connectivity index (χ2v) is 12.9. The summed E-state index contributed by atoms with van der Waals surface area (Å²) in [6, 6.07) is 23.9. The molecule has 9 heteroatoms. The predicted octanol–water partition coefficient (Wildman–Crippen LogP) is 10.2. The van der Waals surface area contributed by atoms with Gasteiger partial charge in [0.05, 0.1) is 18.7 Å². The highest BCUT2D eigenvalue weighted by molar-refractivity contribution is 7.27. The molecule has 5 heterocycles. The Morgan fingerprint density at radius 3 is 1.86 bits per heavy atom. The molecule has 174 valence electrons. The first-order chi connectivity index (χ1) is 18.1. The third-order valence-corrected chi connectivity index (χ3v) is 10.7. The van der Waals surface area contributed by atoms with Crippen LogP contribution in [0.1, 0.15) is 24.4 Å². The molecule has 0 bridgehead atoms. The summed E-state index contributed by atoms with van der Waals surface area (Å²) in [7, 11) is 0. The Morgan fingerprint density at radius 1 is 0.676 bits per heavy atom. The van der Waals surface area contributed by atoms with Gasteiger partial charge in [0.25, 0.3) is 0 Å². The first kappa shape index (κ1) is 24.6. The van der Waals surface area contributed by atoms with Gasteiger partial charge in [0.1, 0.15) is 17.0 Å². The molecular formula is C28H12N4S5. The van der Waals surface area contributed by atoms with Gasteiger partial charge < -0.3 is 0 Å². The van der Waals surface area contributed by atoms with E-state index in [-0.39, 0.29) is 0 Å². The number of hydrogen-bond donors (Lipinski definition) is 0. The highest BCUT2D eigenvalue weighted by Gasteiger charge is 2.12. The largest absolute Gasteiger partial charge is 0.241 e. The molecule has 0 radical (unpaired) electrons. The standard InChI is InChI=1S/C28H12N4S5/c1-31-21(23-6-5-20(16-30)35-23)14-19-4-8-25(34-19)27-10-9-26(36-27)24-7-3-18(33-24)13-17(15-29)22-11-12-28(32-2)37-22/h3-14H/b17-13+,21-14-. The van der Waals surface area contributed by atoms with Gasteiger partial charge in [-0.15, -0.1) is 45.3 Å². The van der Waals surface area contributed by atoms with Gasteiger partial charge in [-0.25, -0.2) is 9.69 Å². The monoisotopic (exact) mass is 564 g/mol. The van der Waals surface area contributed by atoms with Crippen molar-refractivity contribution in [2.24, 2.45) is 0 Å². The molecule has 0 N–H and O–H groups in total. The Bertz CT molecular complexity index is 1710. The van der Waals surface area contributed by atoms with E-state index >= 15 is 0 Å². The van der Waals surface area contributed by atoms with Crippen molar-refractivity contribution < 1.29 is 0 Å². The molecule has 5 aromatic rings. The van der Waals surface area contributed by atoms with Gasteiger partial charge in [0.15, 0.2) is 0 Å². The molecule has 0 fully saturated rings. The van der Waals surface area contributed by atoms with Crippen molar-refractivity contribution in [3.63, 3.8) is 0 Å². The average Bonchev–Trinajstić information content (AvgIpc) is 3.74. The summed E-state index contributed by atoms with van der Waals surface area (Å²) in [5, 5.41) is 19.2. The van der Waals surface area contributed by atoms with E-state index in [2.05, 4.69) is 46.1 Å². The van der Waals surface area contributed by atoms with E-state index in [0.29, 0.717) is 21.1 Å². The van der Waals surface area contributed by atoms with Gasteiger partial charge in [-0.1, -0.05) is 12.1 Å². The van der Waals surface area contributed by atoms with Gasteiger partial charge in [-0.05, 0) is 60.7 Å². The molecule has 5 rings (SSSR count). The minimum Gasteiger partial charge on any atom is -0.237 e. The smallest absolute Gasteiger partial charge is 0.237 e. The van der Waals surface area contributed by atoms with E-state index in [9.17, 15) is 5.26 Å². The first-order valence-corrected chi connectivity index (χ1v) is 14.7. The Hall–Kier alpha value is -4.06. The van der Waals surface area contributed by atoms with Crippen LogP contribution in [0.15, 0.2) is 60.7 Å². The molecule has 0 saturated heterocycles. The van der Waals surface area contributed by atoms with Gasteiger partial charge >= 0.3 is 0 Å². The number of thiophene rings is 5. The fourth-order valence-corrected chi connectivity index (χ4v) is 8.00. The maximum Gasteiger partial charge on any atom is 0.241 e. The van der Waals surface area contributed by atoms with Crippen LogP contribution in [0.4, 0.5) is 5.00 Å². The lowest BCUT2D eigenvalue weighted by Gasteiger charge is -1.93. The SMILES string of the molecule is [C-]#[N+]/C(=C\c1ccc(-c2ccc(-c3ccc(/C=C(\C#N)c4ccc([N+]#[C-])s4)s3)s2)s1)c1ccc(C#N)s1. The Morgan fingerprint density at radius 2 is 1.30 bits per heavy atom. The van der Waals surface area contributed by atoms with Gasteiger partial charge in [-0.3, -0.25) is 0 Å². The Balaban J connectivity index is 1.36. The van der Waals surface area contributed by atoms with Gasteiger partial charge in [-0.2, -0.15) is 21.9 Å². The maximum absolute atomic E-state index is 9.61. The molecule has 0 unspecified atom stereocenters. The molecule has 0 aliphatic rings. The lowest BCUT2D eigenvalue weighted by molar-refractivity contribution is 1.52. The highest BCUT2D eigenvalue weighted by Crippen LogP contribution is 2.41. The van der Waals surface area contributed by atoms with Crippen LogP contribution in [0, 0.1) is 35.8 Å². The minimum atomic E-state index is 0.538. The lowest BCUT2D eigenvalue weighted by Crippen LogP contribution is -1.72. The maximum atomic E-state index is 9.61. The molecule has 37 heavy (non-hydrogen) atoms. The molecule has 0 amide bonds. The molecular weight excluding hydrogens is 553 g/mol. The summed E-state index contributed by atoms with van der Waals surface area (Å²) < 4.78 is 0. The zero-order valence-corrected chi connectivity index (χ0v) is 22.8. The minimum absolute atomic E-state index is 0.538. The summed E-state index contributed by atoms with van der Waals surface area (Å²) in [6.45, 7) is 14.7. The molecule has 0 aromatic carbocycles. The highest BCUT2D eigenvalue weighted by atomic mass is 32.1. The summed E-state index contributed by atoms with van der Waals surface area (Å²) in [5.74, 6) is 0. The molecule has 4 nitrogen and oxygen atoms in total. The number of nitrogens with zero attached hydrogens (tertiary/aromatic N) is 4. The summed E-state index contributed by atoms with van der Waals surface area (Å²) in [4.78, 5) is 15.8. The number of nitriles is 2. The van der Waals surface area contributed by atoms with E-state index in [1.165, 1.54) is 22.7 Å². The van der Waals surface area contributed by atoms with Crippen LogP contribution in [-0.2, 0) is 0 Å². The second-order valence-electron chi connectivity index (χ2n) is 7.40. The zero-order valence-electron chi connectivity index (χ0n) is 18.8. The van der Waals surface area contributed by atoms with E-state index in [1.807, 2.05) is 36.4 Å². The third-order valence-electron chi connectivity index (χ3n) is 5.09. The average molecular weight is 565 g/mol. The van der Waals surface area contributed by atoms with Crippen LogP contribution in [0.25, 0.3) is 52.6 Å².